The number of fused-ring (bicyclic) bond motifs is 2. The zero-order valence-corrected chi connectivity index (χ0v) is 32.4. The zero-order chi connectivity index (χ0) is 38.6. The molecular formula is C50H57N3. The van der Waals surface area contributed by atoms with Gasteiger partial charge in [-0.2, -0.15) is 0 Å². The largest absolute Gasteiger partial charge is 0.405 e. The van der Waals surface area contributed by atoms with Gasteiger partial charge in [0.1, 0.15) is 0 Å². The maximum Gasteiger partial charge on any atom is 0.0711 e. The van der Waals surface area contributed by atoms with Crippen LogP contribution in [-0.4, -0.2) is 12.3 Å². The first-order chi connectivity index (χ1) is 25.9. The minimum Gasteiger partial charge on any atom is -0.405 e. The van der Waals surface area contributed by atoms with E-state index in [0.717, 1.165) is 47.4 Å². The van der Waals surface area contributed by atoms with Crippen molar-refractivity contribution in [2.45, 2.75) is 53.9 Å². The number of nitrogens with two attached hydrogens (primary N) is 2. The van der Waals surface area contributed by atoms with Gasteiger partial charge >= 0.3 is 0 Å². The molecule has 0 saturated carbocycles. The van der Waals surface area contributed by atoms with Crippen LogP contribution in [0.5, 0.6) is 0 Å². The van der Waals surface area contributed by atoms with E-state index in [0.29, 0.717) is 6.54 Å². The van der Waals surface area contributed by atoms with E-state index in [1.807, 2.05) is 57.2 Å². The first-order valence-corrected chi connectivity index (χ1v) is 18.5. The van der Waals surface area contributed by atoms with Crippen molar-refractivity contribution in [3.8, 4) is 0 Å². The van der Waals surface area contributed by atoms with E-state index in [1.54, 1.807) is 12.2 Å². The molecule has 1 aliphatic carbocycles. The zero-order valence-electron chi connectivity index (χ0n) is 32.4. The number of hydrogen-bond acceptors (Lipinski definition) is 3. The van der Waals surface area contributed by atoms with Crippen LogP contribution in [0.25, 0.3) is 32.7 Å². The van der Waals surface area contributed by atoms with E-state index in [4.69, 9.17) is 16.5 Å². The molecule has 0 atom stereocenters. The molecule has 0 radical (unpaired) electrons. The second kappa shape index (κ2) is 22.2. The van der Waals surface area contributed by atoms with Crippen molar-refractivity contribution in [3.05, 3.63) is 199 Å². The molecule has 4 N–H and O–H groups in total. The molecule has 5 rings (SSSR count). The van der Waals surface area contributed by atoms with Crippen LogP contribution in [0.2, 0.25) is 0 Å². The highest BCUT2D eigenvalue weighted by atomic mass is 14.7. The Morgan fingerprint density at radius 1 is 0.830 bits per heavy atom. The van der Waals surface area contributed by atoms with Gasteiger partial charge in [-0.05, 0) is 119 Å². The van der Waals surface area contributed by atoms with Gasteiger partial charge in [-0.25, -0.2) is 0 Å². The lowest BCUT2D eigenvalue weighted by molar-refractivity contribution is 0.994. The third-order valence-electron chi connectivity index (χ3n) is 9.10. The normalized spacial score (nSPS) is 14.1. The van der Waals surface area contributed by atoms with Crippen LogP contribution in [0.1, 0.15) is 65.0 Å². The first kappa shape index (κ1) is 41.6. The number of rotatable bonds is 12. The van der Waals surface area contributed by atoms with Crippen LogP contribution in [0.15, 0.2) is 193 Å². The van der Waals surface area contributed by atoms with Gasteiger partial charge in [0.25, 0.3) is 0 Å². The molecule has 0 unspecified atom stereocenters. The Morgan fingerprint density at radius 2 is 1.53 bits per heavy atom. The third kappa shape index (κ3) is 11.4. The average Bonchev–Trinajstić information content (AvgIpc) is 3.21. The van der Waals surface area contributed by atoms with E-state index in [-0.39, 0.29) is 0 Å². The summed E-state index contributed by atoms with van der Waals surface area (Å²) in [5.74, 6) is 0. The topological polar surface area (TPSA) is 64.4 Å². The second-order valence-electron chi connectivity index (χ2n) is 12.3. The van der Waals surface area contributed by atoms with Crippen molar-refractivity contribution in [1.82, 2.24) is 0 Å². The molecule has 0 saturated heterocycles. The number of benzene rings is 4. The summed E-state index contributed by atoms with van der Waals surface area (Å²) in [4.78, 5) is 5.01. The average molecular weight is 700 g/mol. The van der Waals surface area contributed by atoms with Crippen LogP contribution >= 0.6 is 0 Å². The maximum atomic E-state index is 6.08. The van der Waals surface area contributed by atoms with Crippen molar-refractivity contribution in [2.24, 2.45) is 16.5 Å². The van der Waals surface area contributed by atoms with E-state index in [9.17, 15) is 0 Å². The van der Waals surface area contributed by atoms with E-state index in [1.165, 1.54) is 55.6 Å². The molecule has 0 heterocycles. The third-order valence-corrected chi connectivity index (χ3v) is 9.10. The summed E-state index contributed by atoms with van der Waals surface area (Å²) in [6, 6.07) is 27.7. The van der Waals surface area contributed by atoms with Crippen LogP contribution < -0.4 is 11.5 Å². The predicted molar refractivity (Wildman–Crippen MR) is 238 cm³/mol. The number of allylic oxidation sites excluding steroid dienone is 15. The Kier molecular flexibility index (Phi) is 17.5. The smallest absolute Gasteiger partial charge is 0.0711 e. The van der Waals surface area contributed by atoms with Gasteiger partial charge in [0, 0.05) is 17.6 Å². The standard InChI is InChI=1S/C38H36N2.C10H15N.C2H6/c1-5-12-32(25-39)34-22-21-33(36-16-9-10-17-37(34)36)31-20-19-30(28(6-2)24-31)23-26(3)27(4)40-38-18-11-14-29-13-7-8-15-35(29)38;1-3-10(4-2)8-6-5-7-9-11;1-2/h5-18,21-24H,1-2,19-20,25,39H2,3-4H3;3-7,9H,1,8,11H2,2H3;1-2H3/b26-23+,32-12+,40-27?;6-5-,9-7-,10-4+;. The molecule has 0 amide bonds. The molecule has 3 nitrogen and oxygen atoms in total. The Morgan fingerprint density at radius 3 is 2.19 bits per heavy atom. The van der Waals surface area contributed by atoms with Gasteiger partial charge < -0.3 is 11.5 Å². The van der Waals surface area contributed by atoms with Crippen molar-refractivity contribution in [3.63, 3.8) is 0 Å². The molecule has 4 aromatic rings. The van der Waals surface area contributed by atoms with Crippen molar-refractivity contribution < 1.29 is 0 Å². The maximum absolute atomic E-state index is 6.08. The molecule has 0 spiro atoms. The predicted octanol–water partition coefficient (Wildman–Crippen LogP) is 13.5. The highest BCUT2D eigenvalue weighted by Gasteiger charge is 2.16. The van der Waals surface area contributed by atoms with E-state index >= 15 is 0 Å². The molecule has 272 valence electrons. The van der Waals surface area contributed by atoms with E-state index < -0.39 is 0 Å². The molecule has 4 aromatic carbocycles. The number of nitrogens with zero attached hydrogens (tertiary/aromatic N) is 1. The molecule has 0 aliphatic heterocycles. The summed E-state index contributed by atoms with van der Waals surface area (Å²) in [5.41, 5.74) is 23.0. The second-order valence-corrected chi connectivity index (χ2v) is 12.3. The SMILES string of the molecule is C=C/C(=C\C)C/C=C\C=C/N.C=C/C=C(\CN)c1ccc(C2=CC(C=C)=C(/C=C(\C)C(C)=Nc3cccc4ccccc34)CC2)c2ccccc12.CC. The van der Waals surface area contributed by atoms with Gasteiger partial charge in [0.15, 0.2) is 0 Å². The van der Waals surface area contributed by atoms with Gasteiger partial charge in [0.2, 0.25) is 0 Å². The summed E-state index contributed by atoms with van der Waals surface area (Å²) >= 11 is 0. The Balaban J connectivity index is 0.000000501. The van der Waals surface area contributed by atoms with Crippen LogP contribution in [0.3, 0.4) is 0 Å². The number of aliphatic imine (C=N–C) groups is 1. The minimum absolute atomic E-state index is 0.472. The molecular weight excluding hydrogens is 643 g/mol. The van der Waals surface area contributed by atoms with Gasteiger partial charge in [-0.1, -0.05) is 161 Å². The Labute approximate surface area is 318 Å². The molecule has 1 aliphatic rings. The fourth-order valence-corrected chi connectivity index (χ4v) is 6.20. The van der Waals surface area contributed by atoms with Crippen molar-refractivity contribution in [2.75, 3.05) is 6.54 Å². The highest BCUT2D eigenvalue weighted by molar-refractivity contribution is 6.04. The Hall–Kier alpha value is -5.77. The minimum atomic E-state index is 0.472. The first-order valence-electron chi connectivity index (χ1n) is 18.5. The Bertz CT molecular complexity index is 2130. The van der Waals surface area contributed by atoms with Crippen LogP contribution in [-0.2, 0) is 0 Å². The van der Waals surface area contributed by atoms with Crippen molar-refractivity contribution in [1.29, 1.82) is 0 Å². The summed E-state index contributed by atoms with van der Waals surface area (Å²) in [6.45, 7) is 22.4. The van der Waals surface area contributed by atoms with Crippen LogP contribution in [0.4, 0.5) is 5.69 Å². The number of hydrogen-bond donors (Lipinski definition) is 2. The molecule has 53 heavy (non-hydrogen) atoms. The molecule has 3 heteroatoms. The molecule has 0 fully saturated rings. The molecule has 0 bridgehead atoms. The van der Waals surface area contributed by atoms with Gasteiger partial charge in [-0.15, -0.1) is 0 Å². The lowest BCUT2D eigenvalue weighted by Gasteiger charge is -2.20. The summed E-state index contributed by atoms with van der Waals surface area (Å²) in [6.07, 6.45) is 24.4. The highest BCUT2D eigenvalue weighted by Crippen LogP contribution is 2.37. The summed E-state index contributed by atoms with van der Waals surface area (Å²) in [5, 5.41) is 4.83. The summed E-state index contributed by atoms with van der Waals surface area (Å²) < 4.78 is 0. The summed E-state index contributed by atoms with van der Waals surface area (Å²) in [7, 11) is 0. The fraction of sp³-hybridized carbons (Fsp3) is 0.180. The van der Waals surface area contributed by atoms with Crippen LogP contribution in [0, 0.1) is 0 Å². The lowest BCUT2D eigenvalue weighted by atomic mass is 9.84. The van der Waals surface area contributed by atoms with Crippen molar-refractivity contribution >= 4 is 44.1 Å². The monoisotopic (exact) mass is 699 g/mol. The van der Waals surface area contributed by atoms with E-state index in [2.05, 4.69) is 125 Å². The molecule has 0 aromatic heterocycles. The quantitative estimate of drug-likeness (QED) is 0.114. The lowest BCUT2D eigenvalue weighted by Crippen LogP contribution is -2.04. The van der Waals surface area contributed by atoms with Gasteiger partial charge in [-0.3, -0.25) is 4.99 Å². The fourth-order valence-electron chi connectivity index (χ4n) is 6.20. The van der Waals surface area contributed by atoms with Gasteiger partial charge in [0.05, 0.1) is 5.69 Å².